The average Bonchev–Trinajstić information content (AvgIpc) is 1.62. The molecule has 53 nitrogen and oxygen atoms in total. The maximum atomic E-state index is 15.5. The van der Waals surface area contributed by atoms with Gasteiger partial charge in [-0.25, -0.2) is 4.79 Å². The minimum absolute atomic E-state index is 0.00922. The van der Waals surface area contributed by atoms with Gasteiger partial charge in [0, 0.05) is 123 Å². The number of nitrogens with two attached hydrogens (primary N) is 7. The van der Waals surface area contributed by atoms with Crippen molar-refractivity contribution in [2.75, 3.05) is 93.8 Å². The standard InChI is InChI=1S/C90H150N34O19S3/c1-48(2)37-60-78(135)110-58(21-13-32-107-90(101)102)76(133)119-65(80(137)112-57(20-12-31-106-89(99)100)75(132)117-63(85(142)143)40-51-41-108-54-17-8-7-15-52(51)54)43-145-35-26-70(127)122-45-121-46-123(47-122)71(128)27-36-146-44-66(81(138)111-55(18-10-29-104-87(95)96)73(130)113-59(77(134)114-60)23-24-68(92)125)120-83(140)67-22-14-33-124(67)84(141)62(39-50(5)6)116-74(131)56(19-11-30-105-88(97)98)109-79(136)61(38-49(3)4)115-82(139)64(42-144-34-25-69(121)126)118-72(129)53(91)16-9-28-103-86(93)94/h7-8,15,17,41,48-50,53,55-67,108H,9-14,16,18-40,42-47,91H2,1-6H3,(H2,92,125)(H,109,136)(H,110,135)(H,111,138)(H,112,137)(H,113,130)(H,114,134)(H,115,139)(H,116,131)(H,117,132)(H,118,129)(H,119,133)(H,120,140)(H,142,143)(H4,93,94,103)(H4,95,96,104)(H4,97,98,105)(H4,99,100,106)(H4,101,102,107)/t53-,55-,56-,57-,58-,59-,60-,61-,62-,63-,64-,65-,66-,67-/m0/s1. The smallest absolute Gasteiger partial charge is 0.326 e. The predicted octanol–water partition coefficient (Wildman–Crippen LogP) is -6.58. The number of nitrogens with zero attached hydrogens (tertiary/aromatic N) is 4. The fraction of sp³-hybridized carbons (Fsp3) is 0.656. The first-order valence-corrected chi connectivity index (χ1v) is 52.4. The lowest BCUT2D eigenvalue weighted by Gasteiger charge is -2.42. The number of aromatic nitrogens is 1. The molecule has 14 atom stereocenters. The Morgan fingerprint density at radius 1 is 0.459 bits per heavy atom. The van der Waals surface area contributed by atoms with Gasteiger partial charge in [-0.2, -0.15) is 35.3 Å². The molecule has 4 fully saturated rings. The monoisotopic (exact) mass is 2110 g/mol. The van der Waals surface area contributed by atoms with E-state index < -0.39 is 278 Å². The molecule has 4 aliphatic rings. The number of benzene rings is 1. The van der Waals surface area contributed by atoms with Crippen molar-refractivity contribution < 1.29 is 91.4 Å². The molecule has 0 aliphatic carbocycles. The number of carboxylic acids is 1. The Hall–Kier alpha value is -13.4. The van der Waals surface area contributed by atoms with Gasteiger partial charge < -0.3 is 160 Å². The number of fused-ring (bicyclic) bond motifs is 9. The molecule has 0 saturated carbocycles. The van der Waals surface area contributed by atoms with Crippen LogP contribution in [-0.4, -0.2) is 344 Å². The van der Waals surface area contributed by atoms with Crippen LogP contribution in [0.3, 0.4) is 0 Å². The molecule has 4 aliphatic heterocycles. The zero-order chi connectivity index (χ0) is 108. The number of para-hydroxylation sites is 1. The van der Waals surface area contributed by atoms with E-state index in [2.05, 4.69) is 95.4 Å². The molecule has 812 valence electrons. The zero-order valence-electron chi connectivity index (χ0n) is 83.5. The number of thioether (sulfide) groups is 3. The van der Waals surface area contributed by atoms with Crippen LogP contribution in [0, 0.1) is 44.8 Å². The maximum Gasteiger partial charge on any atom is 0.326 e. The average molecular weight is 2110 g/mol. The van der Waals surface area contributed by atoms with Gasteiger partial charge in [0.15, 0.2) is 29.8 Å². The summed E-state index contributed by atoms with van der Waals surface area (Å²) >= 11 is 2.87. The zero-order valence-corrected chi connectivity index (χ0v) is 86.0. The van der Waals surface area contributed by atoms with Crippen molar-refractivity contribution in [1.29, 1.82) is 27.0 Å². The van der Waals surface area contributed by atoms with E-state index >= 15 is 52.7 Å². The second-order valence-electron chi connectivity index (χ2n) is 37.4. The number of hydrogen-bond acceptors (Lipinski definition) is 27. The van der Waals surface area contributed by atoms with Crippen LogP contribution < -0.4 is 131 Å². The highest BCUT2D eigenvalue weighted by Gasteiger charge is 2.44. The fourth-order valence-corrected chi connectivity index (χ4v) is 19.2. The van der Waals surface area contributed by atoms with Crippen molar-refractivity contribution in [3.63, 3.8) is 0 Å². The van der Waals surface area contributed by atoms with Crippen LogP contribution in [0.15, 0.2) is 30.5 Å². The van der Waals surface area contributed by atoms with Gasteiger partial charge in [0.2, 0.25) is 100 Å². The van der Waals surface area contributed by atoms with E-state index in [9.17, 15) is 38.7 Å². The van der Waals surface area contributed by atoms with Gasteiger partial charge in [0.1, 0.15) is 78.5 Å². The summed E-state index contributed by atoms with van der Waals surface area (Å²) in [6.07, 6.45) is -1.77. The SMILES string of the molecule is CC(C)C[C@@H]1NC(=O)[C@H](CCC(N)=O)NC(=O)[C@H](CCCNC(=N)N)NC(=O)[C@@H]2CSCCC(=O)N3CN(CN(C3)C(=O)CCSC[C@H](NC(=O)[C@@H](N)CCCNC(=N)N)C(=O)N[C@@H](CC(C)C)C(=O)N[C@@H](CCCNC(=N)N)C(=O)N[C@@H](CC(C)C)C(=O)N3CCC[C@H]3C(=O)N2)C(=O)CCSC[C@@H](C(=O)N[C@@H](CCCNC(=N)N)C(=O)N[C@@H](Cc2c[nH]c3ccccc23)C(=O)O)NC(=O)[C@H](CCCNC(=N)N)NC1=O. The van der Waals surface area contributed by atoms with Crippen LogP contribution in [0.4, 0.5) is 0 Å². The Balaban J connectivity index is 1.54. The number of aliphatic carboxylic acids is 1. The lowest BCUT2D eigenvalue weighted by molar-refractivity contribution is -0.158. The number of rotatable bonds is 38. The second-order valence-corrected chi connectivity index (χ2v) is 40.9. The Bertz CT molecular complexity index is 4880. The summed E-state index contributed by atoms with van der Waals surface area (Å²) in [5.74, 6) is -21.7. The Morgan fingerprint density at radius 3 is 1.34 bits per heavy atom. The summed E-state index contributed by atoms with van der Waals surface area (Å²) in [5.41, 5.74) is 41.3. The molecule has 5 heterocycles. The van der Waals surface area contributed by atoms with Gasteiger partial charge in [0.25, 0.3) is 0 Å². The van der Waals surface area contributed by atoms with E-state index in [1.165, 1.54) is 19.6 Å². The quantitative estimate of drug-likeness (QED) is 0.0169. The van der Waals surface area contributed by atoms with E-state index in [4.69, 9.17) is 67.2 Å². The summed E-state index contributed by atoms with van der Waals surface area (Å²) in [7, 11) is 0. The predicted molar refractivity (Wildman–Crippen MR) is 549 cm³/mol. The molecular weight excluding hydrogens is 1960 g/mol. The molecular formula is C90H150N34O19S3. The third-order valence-corrected chi connectivity index (χ3v) is 27.1. The Kier molecular flexibility index (Phi) is 51.9. The topological polar surface area (TPSA) is 862 Å². The highest BCUT2D eigenvalue weighted by molar-refractivity contribution is 7.99. The van der Waals surface area contributed by atoms with Crippen LogP contribution in [0.1, 0.15) is 176 Å². The van der Waals surface area contributed by atoms with Gasteiger partial charge in [-0.1, -0.05) is 59.7 Å². The van der Waals surface area contributed by atoms with Crippen molar-refractivity contribution in [2.45, 2.75) is 261 Å². The summed E-state index contributed by atoms with van der Waals surface area (Å²) in [6.45, 7) is 9.00. The summed E-state index contributed by atoms with van der Waals surface area (Å²) in [4.78, 5) is 275. The highest BCUT2D eigenvalue weighted by atomic mass is 32.2. The number of carbonyl (C=O) groups is 18. The molecule has 4 bridgehead atoms. The van der Waals surface area contributed by atoms with Crippen LogP contribution in [0.25, 0.3) is 10.9 Å². The molecule has 2 aromatic rings. The summed E-state index contributed by atoms with van der Waals surface area (Å²) in [6, 6.07) is -14.8. The number of H-pyrrole nitrogens is 1. The van der Waals surface area contributed by atoms with Crippen molar-refractivity contribution in [3.8, 4) is 0 Å². The largest absolute Gasteiger partial charge is 0.480 e. The minimum Gasteiger partial charge on any atom is -0.480 e. The highest BCUT2D eigenvalue weighted by Crippen LogP contribution is 2.26. The molecule has 4 saturated heterocycles. The Morgan fingerprint density at radius 2 is 0.870 bits per heavy atom. The number of nitrogens with one attached hydrogen (secondary N) is 23. The molecule has 0 radical (unpaired) electrons. The number of amides is 17. The molecule has 0 spiro atoms. The molecule has 0 unspecified atom stereocenters. The number of guanidine groups is 5. The molecule has 56 heteroatoms. The van der Waals surface area contributed by atoms with Crippen LogP contribution >= 0.6 is 35.3 Å². The molecule has 1 aromatic carbocycles. The first kappa shape index (κ1) is 121. The van der Waals surface area contributed by atoms with Gasteiger partial charge >= 0.3 is 5.97 Å². The second kappa shape index (κ2) is 62.4. The summed E-state index contributed by atoms with van der Waals surface area (Å²) < 4.78 is 0. The molecule has 146 heavy (non-hydrogen) atoms. The fourth-order valence-electron chi connectivity index (χ4n) is 16.3. The Labute approximate surface area is 859 Å². The van der Waals surface area contributed by atoms with Crippen LogP contribution in [0.5, 0.6) is 0 Å². The van der Waals surface area contributed by atoms with Gasteiger partial charge in [-0.05, 0) is 132 Å². The summed E-state index contributed by atoms with van der Waals surface area (Å²) in [5, 5.41) is 95.6. The molecule has 17 amide bonds. The van der Waals surface area contributed by atoms with E-state index in [0.717, 1.165) is 35.3 Å². The van der Waals surface area contributed by atoms with Crippen molar-refractivity contribution in [2.24, 2.45) is 57.9 Å². The van der Waals surface area contributed by atoms with Crippen molar-refractivity contribution >= 4 is 182 Å². The van der Waals surface area contributed by atoms with Gasteiger partial charge in [0.05, 0.1) is 26.0 Å². The van der Waals surface area contributed by atoms with E-state index in [-0.39, 0.29) is 189 Å². The van der Waals surface area contributed by atoms with Crippen molar-refractivity contribution in [3.05, 3.63) is 36.0 Å². The lowest BCUT2D eigenvalue weighted by atomic mass is 10.00. The number of carbonyl (C=O) groups excluding carboxylic acids is 17. The molecule has 6 rings (SSSR count). The third-order valence-electron chi connectivity index (χ3n) is 23.9. The third kappa shape index (κ3) is 43.1. The van der Waals surface area contributed by atoms with E-state index in [1.807, 2.05) is 0 Å². The number of aromatic amines is 1. The maximum absolute atomic E-state index is 15.5. The molecule has 38 N–H and O–H groups in total. The number of carboxylic acid groups (broad SMARTS) is 1. The van der Waals surface area contributed by atoms with Gasteiger partial charge in [-0.3, -0.25) is 109 Å². The minimum atomic E-state index is -1.77. The first-order valence-electron chi connectivity index (χ1n) is 48.9. The normalized spacial score (nSPS) is 22.6. The van der Waals surface area contributed by atoms with Gasteiger partial charge in [-0.15, -0.1) is 0 Å². The van der Waals surface area contributed by atoms with Crippen molar-refractivity contribution in [1.82, 2.24) is 115 Å². The lowest BCUT2D eigenvalue weighted by Crippen LogP contribution is -2.61. The van der Waals surface area contributed by atoms with E-state index in [0.29, 0.717) is 16.5 Å². The van der Waals surface area contributed by atoms with Crippen LogP contribution in [0.2, 0.25) is 0 Å². The first-order chi connectivity index (χ1) is 69.2. The van der Waals surface area contributed by atoms with E-state index in [1.54, 1.807) is 72.0 Å². The molecule has 1 aromatic heterocycles. The van der Waals surface area contributed by atoms with Crippen LogP contribution in [-0.2, 0) is 92.7 Å². The number of hydrogen-bond donors (Lipinski definition) is 31. The number of primary amides is 1.